The molecule has 1 aromatic rings. The molecule has 172 valence electrons. The van der Waals surface area contributed by atoms with Gasteiger partial charge in [0.25, 0.3) is 0 Å². The third-order valence-corrected chi connectivity index (χ3v) is 4.79. The molecular formula is C20H33F2IN4O3. The Morgan fingerprint density at radius 1 is 1.37 bits per heavy atom. The number of guanidine groups is 1. The Balaban J connectivity index is 0.00000450. The average molecular weight is 542 g/mol. The molecule has 2 N–H and O–H groups in total. The summed E-state index contributed by atoms with van der Waals surface area (Å²) in [6.45, 7) is 7.34. The summed E-state index contributed by atoms with van der Waals surface area (Å²) in [5, 5.41) is 6.52. The molecule has 0 saturated carbocycles. The van der Waals surface area contributed by atoms with Crippen LogP contribution in [0.1, 0.15) is 26.3 Å². The second-order valence-corrected chi connectivity index (χ2v) is 6.94. The lowest BCUT2D eigenvalue weighted by atomic mass is 10.2. The van der Waals surface area contributed by atoms with Gasteiger partial charge in [-0.05, 0) is 39.0 Å². The molecular weight excluding hydrogens is 509 g/mol. The lowest BCUT2D eigenvalue weighted by Gasteiger charge is -2.38. The van der Waals surface area contributed by atoms with E-state index in [1.165, 1.54) is 13.2 Å². The van der Waals surface area contributed by atoms with Gasteiger partial charge in [-0.3, -0.25) is 4.90 Å². The number of rotatable bonds is 9. The maximum Gasteiger partial charge on any atom is 0.387 e. The SMILES string of the molecule is CCNC(=NCc1cc(OC)ccc1OC(F)F)NCC(C)N1CCOCC1C.I. The first-order valence-corrected chi connectivity index (χ1v) is 9.92. The molecule has 2 atom stereocenters. The monoisotopic (exact) mass is 542 g/mol. The van der Waals surface area contributed by atoms with Crippen LogP contribution in [-0.2, 0) is 11.3 Å². The number of nitrogens with one attached hydrogen (secondary N) is 2. The first-order chi connectivity index (χ1) is 13.9. The molecule has 0 radical (unpaired) electrons. The van der Waals surface area contributed by atoms with E-state index < -0.39 is 6.61 Å². The van der Waals surface area contributed by atoms with Crippen molar-refractivity contribution in [2.24, 2.45) is 4.99 Å². The lowest BCUT2D eigenvalue weighted by Crippen LogP contribution is -2.53. The van der Waals surface area contributed by atoms with Crippen molar-refractivity contribution in [2.75, 3.05) is 40.0 Å². The van der Waals surface area contributed by atoms with E-state index in [0.29, 0.717) is 42.4 Å². The van der Waals surface area contributed by atoms with E-state index in [4.69, 9.17) is 9.47 Å². The highest BCUT2D eigenvalue weighted by atomic mass is 127. The van der Waals surface area contributed by atoms with Crippen LogP contribution in [0, 0.1) is 0 Å². The lowest BCUT2D eigenvalue weighted by molar-refractivity contribution is -0.0504. The number of benzene rings is 1. The van der Waals surface area contributed by atoms with Crippen molar-refractivity contribution in [2.45, 2.75) is 46.0 Å². The second kappa shape index (κ2) is 13.8. The molecule has 1 heterocycles. The van der Waals surface area contributed by atoms with Crippen LogP contribution in [0.5, 0.6) is 11.5 Å². The number of hydrogen-bond acceptors (Lipinski definition) is 5. The summed E-state index contributed by atoms with van der Waals surface area (Å²) in [6.07, 6.45) is 0. The summed E-state index contributed by atoms with van der Waals surface area (Å²) in [6, 6.07) is 5.37. The van der Waals surface area contributed by atoms with Gasteiger partial charge in [0.15, 0.2) is 5.96 Å². The van der Waals surface area contributed by atoms with Crippen molar-refractivity contribution in [1.82, 2.24) is 15.5 Å². The van der Waals surface area contributed by atoms with E-state index in [2.05, 4.69) is 39.1 Å². The number of hydrogen-bond donors (Lipinski definition) is 2. The molecule has 1 saturated heterocycles. The van der Waals surface area contributed by atoms with Gasteiger partial charge in [0.1, 0.15) is 11.5 Å². The number of alkyl halides is 2. The van der Waals surface area contributed by atoms with E-state index in [-0.39, 0.29) is 36.3 Å². The highest BCUT2D eigenvalue weighted by molar-refractivity contribution is 14.0. The van der Waals surface area contributed by atoms with Gasteiger partial charge in [-0.25, -0.2) is 4.99 Å². The molecule has 2 rings (SSSR count). The Bertz CT molecular complexity index is 667. The average Bonchev–Trinajstić information content (AvgIpc) is 2.70. The Morgan fingerprint density at radius 2 is 2.13 bits per heavy atom. The predicted molar refractivity (Wildman–Crippen MR) is 124 cm³/mol. The molecule has 7 nitrogen and oxygen atoms in total. The number of halogens is 3. The summed E-state index contributed by atoms with van der Waals surface area (Å²) in [5.41, 5.74) is 0.525. The number of aliphatic imine (C=N–C) groups is 1. The largest absolute Gasteiger partial charge is 0.497 e. The molecule has 0 spiro atoms. The van der Waals surface area contributed by atoms with Crippen LogP contribution in [0.4, 0.5) is 8.78 Å². The first-order valence-electron chi connectivity index (χ1n) is 9.92. The van der Waals surface area contributed by atoms with E-state index >= 15 is 0 Å². The van der Waals surface area contributed by atoms with Gasteiger partial charge in [-0.15, -0.1) is 24.0 Å². The van der Waals surface area contributed by atoms with Crippen molar-refractivity contribution in [1.29, 1.82) is 0 Å². The highest BCUT2D eigenvalue weighted by Crippen LogP contribution is 2.26. The Hall–Kier alpha value is -1.40. The minimum absolute atomic E-state index is 0. The molecule has 1 fully saturated rings. The number of methoxy groups -OCH3 is 1. The van der Waals surface area contributed by atoms with E-state index in [0.717, 1.165) is 19.8 Å². The van der Waals surface area contributed by atoms with Crippen molar-refractivity contribution in [3.8, 4) is 11.5 Å². The van der Waals surface area contributed by atoms with E-state index in [9.17, 15) is 8.78 Å². The molecule has 0 aromatic heterocycles. The quantitative estimate of drug-likeness (QED) is 0.284. The fourth-order valence-electron chi connectivity index (χ4n) is 3.28. The normalized spacial score (nSPS) is 18.5. The van der Waals surface area contributed by atoms with E-state index in [1.54, 1.807) is 12.1 Å². The maximum absolute atomic E-state index is 12.7. The number of nitrogens with zero attached hydrogens (tertiary/aromatic N) is 2. The first kappa shape index (κ1) is 26.6. The molecule has 1 aromatic carbocycles. The van der Waals surface area contributed by atoms with Gasteiger partial charge < -0.3 is 24.8 Å². The molecule has 1 aliphatic heterocycles. The van der Waals surface area contributed by atoms with Gasteiger partial charge in [0.2, 0.25) is 0 Å². The Morgan fingerprint density at radius 3 is 2.77 bits per heavy atom. The molecule has 0 bridgehead atoms. The third kappa shape index (κ3) is 8.38. The Kier molecular flexibility index (Phi) is 12.3. The number of morpholine rings is 1. The third-order valence-electron chi connectivity index (χ3n) is 4.79. The standard InChI is InChI=1S/C20H32F2N4O3.HI/c1-5-23-20(24-11-14(2)26-8-9-28-13-15(26)3)25-12-16-10-17(27-4)6-7-18(16)29-19(21)22;/h6-7,10,14-15,19H,5,8-9,11-13H2,1-4H3,(H2,23,24,25);1H. The fraction of sp³-hybridized carbons (Fsp3) is 0.650. The van der Waals surface area contributed by atoms with E-state index in [1.807, 2.05) is 6.92 Å². The van der Waals surface area contributed by atoms with Crippen molar-refractivity contribution in [3.05, 3.63) is 23.8 Å². The maximum atomic E-state index is 12.7. The van der Waals surface area contributed by atoms with Crippen LogP contribution < -0.4 is 20.1 Å². The Labute approximate surface area is 194 Å². The minimum Gasteiger partial charge on any atom is -0.497 e. The van der Waals surface area contributed by atoms with Crippen LogP contribution >= 0.6 is 24.0 Å². The molecule has 10 heteroatoms. The predicted octanol–water partition coefficient (Wildman–Crippen LogP) is 3.08. The summed E-state index contributed by atoms with van der Waals surface area (Å²) in [7, 11) is 1.52. The van der Waals surface area contributed by atoms with Crippen molar-refractivity contribution >= 4 is 29.9 Å². The number of ether oxygens (including phenoxy) is 3. The summed E-state index contributed by atoms with van der Waals surface area (Å²) >= 11 is 0. The zero-order valence-electron chi connectivity index (χ0n) is 18.0. The smallest absolute Gasteiger partial charge is 0.387 e. The fourth-order valence-corrected chi connectivity index (χ4v) is 3.28. The van der Waals surface area contributed by atoms with Gasteiger partial charge in [0, 0.05) is 37.3 Å². The molecule has 30 heavy (non-hydrogen) atoms. The van der Waals surface area contributed by atoms with Crippen LogP contribution in [-0.4, -0.2) is 69.5 Å². The molecule has 0 aliphatic carbocycles. The second-order valence-electron chi connectivity index (χ2n) is 6.94. The minimum atomic E-state index is -2.89. The van der Waals surface area contributed by atoms with Crippen LogP contribution in [0.15, 0.2) is 23.2 Å². The zero-order chi connectivity index (χ0) is 21.2. The van der Waals surface area contributed by atoms with Gasteiger partial charge >= 0.3 is 6.61 Å². The summed E-state index contributed by atoms with van der Waals surface area (Å²) in [5.74, 6) is 1.27. The summed E-state index contributed by atoms with van der Waals surface area (Å²) in [4.78, 5) is 6.93. The zero-order valence-corrected chi connectivity index (χ0v) is 20.3. The topological polar surface area (TPSA) is 67.4 Å². The van der Waals surface area contributed by atoms with Crippen molar-refractivity contribution < 1.29 is 23.0 Å². The van der Waals surface area contributed by atoms with Gasteiger partial charge in [0.05, 0.1) is 26.9 Å². The van der Waals surface area contributed by atoms with Crippen LogP contribution in [0.25, 0.3) is 0 Å². The van der Waals surface area contributed by atoms with Crippen LogP contribution in [0.3, 0.4) is 0 Å². The summed E-state index contributed by atoms with van der Waals surface area (Å²) < 4.78 is 40.7. The van der Waals surface area contributed by atoms with Crippen molar-refractivity contribution in [3.63, 3.8) is 0 Å². The van der Waals surface area contributed by atoms with Crippen LogP contribution in [0.2, 0.25) is 0 Å². The molecule has 2 unspecified atom stereocenters. The van der Waals surface area contributed by atoms with Gasteiger partial charge in [-0.2, -0.15) is 8.78 Å². The molecule has 0 amide bonds. The highest BCUT2D eigenvalue weighted by Gasteiger charge is 2.23. The van der Waals surface area contributed by atoms with Gasteiger partial charge in [-0.1, -0.05) is 0 Å². The molecule has 1 aliphatic rings.